The van der Waals surface area contributed by atoms with Gasteiger partial charge in [-0.05, 0) is 25.1 Å². The lowest BCUT2D eigenvalue weighted by atomic mass is 10.2. The van der Waals surface area contributed by atoms with Gasteiger partial charge in [-0.3, -0.25) is 14.9 Å². The minimum Gasteiger partial charge on any atom is -0.490 e. The number of nitrogens with zero attached hydrogens (tertiary/aromatic N) is 1. The molecule has 0 atom stereocenters. The van der Waals surface area contributed by atoms with E-state index in [0.29, 0.717) is 29.8 Å². The fourth-order valence-electron chi connectivity index (χ4n) is 2.02. The van der Waals surface area contributed by atoms with Crippen LogP contribution >= 0.6 is 11.6 Å². The second-order valence-corrected chi connectivity index (χ2v) is 4.96. The average molecular weight is 336 g/mol. The molecular weight excluding hydrogens is 322 g/mol. The molecule has 120 valence electrons. The quantitative estimate of drug-likeness (QED) is 0.433. The molecule has 7 heteroatoms. The lowest BCUT2D eigenvalue weighted by Gasteiger charge is -2.14. The summed E-state index contributed by atoms with van der Waals surface area (Å²) in [6.45, 7) is 2.10. The molecule has 2 aromatic rings. The third-order valence-corrected chi connectivity index (χ3v) is 3.31. The van der Waals surface area contributed by atoms with Gasteiger partial charge < -0.3 is 9.47 Å². The molecule has 0 amide bonds. The normalized spacial score (nSPS) is 10.2. The predicted molar refractivity (Wildman–Crippen MR) is 85.4 cm³/mol. The number of halogens is 1. The van der Waals surface area contributed by atoms with Gasteiger partial charge in [0, 0.05) is 11.6 Å². The Hall–Kier alpha value is -2.60. The van der Waals surface area contributed by atoms with E-state index in [4.69, 9.17) is 21.1 Å². The van der Waals surface area contributed by atoms with Crippen LogP contribution in [0.15, 0.2) is 36.4 Å². The molecule has 0 saturated heterocycles. The van der Waals surface area contributed by atoms with E-state index in [2.05, 4.69) is 0 Å². The minimum atomic E-state index is -0.473. The zero-order chi connectivity index (χ0) is 16.8. The number of carbonyl (C=O) groups excluding carboxylic acids is 1. The molecule has 2 aromatic carbocycles. The third-order valence-electron chi connectivity index (χ3n) is 3.03. The van der Waals surface area contributed by atoms with Crippen molar-refractivity contribution in [2.24, 2.45) is 0 Å². The van der Waals surface area contributed by atoms with Gasteiger partial charge in [-0.2, -0.15) is 0 Å². The number of nitro groups is 1. The van der Waals surface area contributed by atoms with Crippen molar-refractivity contribution >= 4 is 23.6 Å². The van der Waals surface area contributed by atoms with E-state index in [0.717, 1.165) is 0 Å². The van der Waals surface area contributed by atoms with Gasteiger partial charge in [-0.1, -0.05) is 23.7 Å². The molecule has 6 nitrogen and oxygen atoms in total. The van der Waals surface area contributed by atoms with Crippen molar-refractivity contribution in [2.45, 2.75) is 13.5 Å². The first-order chi connectivity index (χ1) is 11.1. The van der Waals surface area contributed by atoms with Crippen LogP contribution in [0.5, 0.6) is 11.5 Å². The van der Waals surface area contributed by atoms with Crippen molar-refractivity contribution in [2.75, 3.05) is 6.61 Å². The SMILES string of the molecule is CCOc1cc(C=O)cc(Cl)c1OCc1ccccc1[N+](=O)[O-]. The Morgan fingerprint density at radius 1 is 1.26 bits per heavy atom. The van der Waals surface area contributed by atoms with Crippen molar-refractivity contribution in [1.82, 2.24) is 0 Å². The van der Waals surface area contributed by atoms with E-state index in [1.54, 1.807) is 25.1 Å². The summed E-state index contributed by atoms with van der Waals surface area (Å²) in [4.78, 5) is 21.4. The molecule has 0 spiro atoms. The van der Waals surface area contributed by atoms with Crippen LogP contribution in [0.4, 0.5) is 5.69 Å². The molecule has 23 heavy (non-hydrogen) atoms. The van der Waals surface area contributed by atoms with Gasteiger partial charge >= 0.3 is 0 Å². The highest BCUT2D eigenvalue weighted by Gasteiger charge is 2.16. The molecule has 0 N–H and O–H groups in total. The summed E-state index contributed by atoms with van der Waals surface area (Å²) in [6, 6.07) is 9.24. The summed E-state index contributed by atoms with van der Waals surface area (Å²) in [5.41, 5.74) is 0.734. The van der Waals surface area contributed by atoms with Crippen molar-refractivity contribution < 1.29 is 19.2 Å². The van der Waals surface area contributed by atoms with E-state index in [1.807, 2.05) is 0 Å². The minimum absolute atomic E-state index is 0.0360. The molecule has 0 aromatic heterocycles. The number of ether oxygens (including phenoxy) is 2. The summed E-state index contributed by atoms with van der Waals surface area (Å²) >= 11 is 6.12. The van der Waals surface area contributed by atoms with Crippen LogP contribution in [0.1, 0.15) is 22.8 Å². The molecule has 0 aliphatic carbocycles. The molecule has 0 bridgehead atoms. The first-order valence-electron chi connectivity index (χ1n) is 6.83. The average Bonchev–Trinajstić information content (AvgIpc) is 2.54. The number of carbonyl (C=O) groups is 1. The summed E-state index contributed by atoms with van der Waals surface area (Å²) in [7, 11) is 0. The highest BCUT2D eigenvalue weighted by molar-refractivity contribution is 6.32. The molecule has 0 radical (unpaired) electrons. The van der Waals surface area contributed by atoms with Crippen LogP contribution < -0.4 is 9.47 Å². The smallest absolute Gasteiger partial charge is 0.276 e. The monoisotopic (exact) mass is 335 g/mol. The molecule has 0 fully saturated rings. The Morgan fingerprint density at radius 3 is 2.65 bits per heavy atom. The van der Waals surface area contributed by atoms with Crippen LogP contribution in [-0.4, -0.2) is 17.8 Å². The van der Waals surface area contributed by atoms with Crippen molar-refractivity contribution in [3.05, 3.63) is 62.7 Å². The fourth-order valence-corrected chi connectivity index (χ4v) is 2.29. The first kappa shape index (κ1) is 16.8. The Morgan fingerprint density at radius 2 is 2.00 bits per heavy atom. The van der Waals surface area contributed by atoms with E-state index in [-0.39, 0.29) is 23.1 Å². The highest BCUT2D eigenvalue weighted by atomic mass is 35.5. The van der Waals surface area contributed by atoms with Crippen LogP contribution in [-0.2, 0) is 6.61 Å². The molecule has 2 rings (SSSR count). The zero-order valence-electron chi connectivity index (χ0n) is 12.3. The lowest BCUT2D eigenvalue weighted by Crippen LogP contribution is -2.03. The van der Waals surface area contributed by atoms with E-state index >= 15 is 0 Å². The van der Waals surface area contributed by atoms with Gasteiger partial charge in [0.25, 0.3) is 5.69 Å². The van der Waals surface area contributed by atoms with E-state index in [1.165, 1.54) is 18.2 Å². The van der Waals surface area contributed by atoms with Gasteiger partial charge in [0.2, 0.25) is 0 Å². The Kier molecular flexibility index (Phi) is 5.54. The maximum Gasteiger partial charge on any atom is 0.276 e. The summed E-state index contributed by atoms with van der Waals surface area (Å²) in [5, 5.41) is 11.2. The lowest BCUT2D eigenvalue weighted by molar-refractivity contribution is -0.385. The highest BCUT2D eigenvalue weighted by Crippen LogP contribution is 2.37. The number of para-hydroxylation sites is 1. The first-order valence-corrected chi connectivity index (χ1v) is 7.21. The number of aldehydes is 1. The summed E-state index contributed by atoms with van der Waals surface area (Å²) in [6.07, 6.45) is 0.653. The Balaban J connectivity index is 2.30. The van der Waals surface area contributed by atoms with Crippen molar-refractivity contribution in [3.63, 3.8) is 0 Å². The largest absolute Gasteiger partial charge is 0.490 e. The molecule has 0 aliphatic rings. The number of hydrogen-bond donors (Lipinski definition) is 0. The maximum atomic E-state index is 11.0. The van der Waals surface area contributed by atoms with Gasteiger partial charge in [-0.15, -0.1) is 0 Å². The van der Waals surface area contributed by atoms with Crippen LogP contribution in [0.3, 0.4) is 0 Å². The number of rotatable bonds is 7. The van der Waals surface area contributed by atoms with Gasteiger partial charge in [0.1, 0.15) is 12.9 Å². The zero-order valence-corrected chi connectivity index (χ0v) is 13.1. The van der Waals surface area contributed by atoms with Gasteiger partial charge in [-0.25, -0.2) is 0 Å². The van der Waals surface area contributed by atoms with E-state index < -0.39 is 4.92 Å². The topological polar surface area (TPSA) is 78.7 Å². The number of hydrogen-bond acceptors (Lipinski definition) is 5. The molecular formula is C16H14ClNO5. The van der Waals surface area contributed by atoms with Crippen molar-refractivity contribution in [3.8, 4) is 11.5 Å². The van der Waals surface area contributed by atoms with E-state index in [9.17, 15) is 14.9 Å². The van der Waals surface area contributed by atoms with Gasteiger partial charge in [0.05, 0.1) is 22.1 Å². The fraction of sp³-hybridized carbons (Fsp3) is 0.188. The molecule has 0 saturated carbocycles. The summed E-state index contributed by atoms with van der Waals surface area (Å²) < 4.78 is 11.0. The van der Waals surface area contributed by atoms with Crippen LogP contribution in [0.25, 0.3) is 0 Å². The third kappa shape index (κ3) is 3.98. The maximum absolute atomic E-state index is 11.0. The second-order valence-electron chi connectivity index (χ2n) is 4.56. The number of nitro benzene ring substituents is 1. The molecule has 0 aliphatic heterocycles. The molecule has 0 heterocycles. The Labute approximate surface area is 137 Å². The summed E-state index contributed by atoms with van der Waals surface area (Å²) in [5.74, 6) is 0.568. The van der Waals surface area contributed by atoms with Crippen LogP contribution in [0.2, 0.25) is 5.02 Å². The second kappa shape index (κ2) is 7.60. The Bertz CT molecular complexity index is 732. The van der Waals surface area contributed by atoms with Gasteiger partial charge in [0.15, 0.2) is 11.5 Å². The van der Waals surface area contributed by atoms with Crippen LogP contribution in [0, 0.1) is 10.1 Å². The molecule has 0 unspecified atom stereocenters. The van der Waals surface area contributed by atoms with Crippen molar-refractivity contribution in [1.29, 1.82) is 0 Å². The standard InChI is InChI=1S/C16H14ClNO5/c1-2-22-15-8-11(9-19)7-13(17)16(15)23-10-12-5-3-4-6-14(12)18(20)21/h3-9H,2,10H2,1H3. The predicted octanol–water partition coefficient (Wildman–Crippen LogP) is 4.04. The number of benzene rings is 2.